The summed E-state index contributed by atoms with van der Waals surface area (Å²) < 4.78 is 17.9. The number of methoxy groups -OCH3 is 1. The van der Waals surface area contributed by atoms with Crippen molar-refractivity contribution in [2.24, 2.45) is 5.10 Å². The summed E-state index contributed by atoms with van der Waals surface area (Å²) in [5.41, 5.74) is 3.25. The Morgan fingerprint density at radius 1 is 1.28 bits per heavy atom. The maximum atomic E-state index is 12.2. The number of benzene rings is 2. The lowest BCUT2D eigenvalue weighted by Gasteiger charge is -2.24. The van der Waals surface area contributed by atoms with Crippen molar-refractivity contribution >= 4 is 44.0 Å². The fourth-order valence-electron chi connectivity index (χ4n) is 2.24. The van der Waals surface area contributed by atoms with E-state index in [1.807, 2.05) is 24.3 Å². The van der Waals surface area contributed by atoms with E-state index in [9.17, 15) is 4.79 Å². The van der Waals surface area contributed by atoms with Crippen LogP contribution < -0.4 is 19.6 Å². The highest BCUT2D eigenvalue weighted by atomic mass is 79.9. The molecule has 1 heterocycles. The second-order valence-electron chi connectivity index (χ2n) is 5.12. The van der Waals surface area contributed by atoms with Gasteiger partial charge >= 0.3 is 0 Å². The number of hydrogen-bond donors (Lipinski definition) is 1. The van der Waals surface area contributed by atoms with E-state index in [0.717, 1.165) is 14.5 Å². The molecule has 0 aliphatic carbocycles. The van der Waals surface area contributed by atoms with Crippen LogP contribution in [0.5, 0.6) is 17.2 Å². The zero-order valence-corrected chi connectivity index (χ0v) is 16.3. The summed E-state index contributed by atoms with van der Waals surface area (Å²) in [7, 11) is 1.59. The second kappa shape index (κ2) is 7.88. The van der Waals surface area contributed by atoms with E-state index in [0.29, 0.717) is 17.2 Å². The van der Waals surface area contributed by atoms with Crippen LogP contribution in [0.2, 0.25) is 0 Å². The molecule has 0 fully saturated rings. The van der Waals surface area contributed by atoms with Gasteiger partial charge in [0.25, 0.3) is 5.91 Å². The molecule has 0 radical (unpaired) electrons. The summed E-state index contributed by atoms with van der Waals surface area (Å²) in [5.74, 6) is 1.48. The predicted molar refractivity (Wildman–Crippen MR) is 100 cm³/mol. The summed E-state index contributed by atoms with van der Waals surface area (Å²) in [6.45, 7) is 0.137. The lowest BCUT2D eigenvalue weighted by molar-refractivity contribution is -0.130. The van der Waals surface area contributed by atoms with Gasteiger partial charge in [-0.3, -0.25) is 4.79 Å². The Morgan fingerprint density at radius 3 is 2.64 bits per heavy atom. The van der Waals surface area contributed by atoms with Crippen LogP contribution in [0.3, 0.4) is 0 Å². The van der Waals surface area contributed by atoms with Gasteiger partial charge in [0, 0.05) is 0 Å². The van der Waals surface area contributed by atoms with Crippen molar-refractivity contribution in [3.05, 3.63) is 50.9 Å². The Labute approximate surface area is 161 Å². The van der Waals surface area contributed by atoms with Crippen LogP contribution in [0.1, 0.15) is 5.56 Å². The summed E-state index contributed by atoms with van der Waals surface area (Å²) >= 11 is 6.83. The Hall–Kier alpha value is -2.06. The van der Waals surface area contributed by atoms with Crippen molar-refractivity contribution in [2.45, 2.75) is 6.10 Å². The Balaban J connectivity index is 1.62. The van der Waals surface area contributed by atoms with Crippen molar-refractivity contribution in [3.8, 4) is 17.2 Å². The highest BCUT2D eigenvalue weighted by Crippen LogP contribution is 2.34. The van der Waals surface area contributed by atoms with Gasteiger partial charge in [-0.25, -0.2) is 5.43 Å². The highest BCUT2D eigenvalue weighted by Gasteiger charge is 2.26. The van der Waals surface area contributed by atoms with Gasteiger partial charge < -0.3 is 14.2 Å². The minimum Gasteiger partial charge on any atom is -0.494 e. The molecule has 0 spiro atoms. The molecule has 0 bridgehead atoms. The average molecular weight is 470 g/mol. The van der Waals surface area contributed by atoms with Gasteiger partial charge in [0.2, 0.25) is 6.10 Å². The number of nitrogens with zero attached hydrogens (tertiary/aromatic N) is 1. The topological polar surface area (TPSA) is 69.2 Å². The Bertz CT molecular complexity index is 803. The van der Waals surface area contributed by atoms with Gasteiger partial charge in [0.1, 0.15) is 12.4 Å². The van der Waals surface area contributed by atoms with E-state index >= 15 is 0 Å². The average Bonchev–Trinajstić information content (AvgIpc) is 2.61. The standard InChI is InChI=1S/C17H14Br2N2O4/c1-23-16-11(18)6-10(7-12(16)19)8-20-21-17(22)15-9-24-13-4-2-3-5-14(13)25-15/h2-8,15H,9H2,1H3,(H,21,22). The monoisotopic (exact) mass is 468 g/mol. The summed E-state index contributed by atoms with van der Waals surface area (Å²) in [4.78, 5) is 12.2. The van der Waals surface area contributed by atoms with Crippen LogP contribution in [0.25, 0.3) is 0 Å². The summed E-state index contributed by atoms with van der Waals surface area (Å²) in [6.07, 6.45) is 0.784. The van der Waals surface area contributed by atoms with Crippen LogP contribution in [-0.4, -0.2) is 31.9 Å². The molecule has 3 rings (SSSR count). The number of carbonyl (C=O) groups excluding carboxylic acids is 1. The maximum Gasteiger partial charge on any atom is 0.284 e. The second-order valence-corrected chi connectivity index (χ2v) is 6.82. The molecule has 2 aromatic rings. The number of nitrogens with one attached hydrogen (secondary N) is 1. The first-order chi connectivity index (χ1) is 12.1. The lowest BCUT2D eigenvalue weighted by Crippen LogP contribution is -2.42. The number of amides is 1. The molecule has 25 heavy (non-hydrogen) atoms. The van der Waals surface area contributed by atoms with Crippen LogP contribution in [0, 0.1) is 0 Å². The maximum absolute atomic E-state index is 12.2. The zero-order valence-electron chi connectivity index (χ0n) is 13.2. The summed E-state index contributed by atoms with van der Waals surface area (Å²) in [6, 6.07) is 10.9. The largest absolute Gasteiger partial charge is 0.494 e. The molecule has 0 aromatic heterocycles. The first-order valence-electron chi connectivity index (χ1n) is 7.33. The third-order valence-electron chi connectivity index (χ3n) is 3.41. The minimum absolute atomic E-state index is 0.137. The molecule has 1 atom stereocenters. The quantitative estimate of drug-likeness (QED) is 0.549. The number of ether oxygens (including phenoxy) is 3. The summed E-state index contributed by atoms with van der Waals surface area (Å²) in [5, 5.41) is 3.97. The first-order valence-corrected chi connectivity index (χ1v) is 8.91. The molecule has 130 valence electrons. The van der Waals surface area contributed by atoms with E-state index in [4.69, 9.17) is 14.2 Å². The van der Waals surface area contributed by atoms with Gasteiger partial charge in [-0.2, -0.15) is 5.10 Å². The number of halogens is 2. The van der Waals surface area contributed by atoms with Gasteiger partial charge in [0.15, 0.2) is 11.5 Å². The van der Waals surface area contributed by atoms with E-state index in [-0.39, 0.29) is 12.5 Å². The Kier molecular flexibility index (Phi) is 5.60. The molecule has 6 nitrogen and oxygen atoms in total. The van der Waals surface area contributed by atoms with E-state index in [1.165, 1.54) is 6.21 Å². The smallest absolute Gasteiger partial charge is 0.284 e. The molecule has 1 aliphatic heterocycles. The molecule has 8 heteroatoms. The molecule has 2 aromatic carbocycles. The molecular weight excluding hydrogens is 456 g/mol. The molecule has 1 N–H and O–H groups in total. The number of hydrogen-bond acceptors (Lipinski definition) is 5. The van der Waals surface area contributed by atoms with E-state index < -0.39 is 6.10 Å². The molecule has 1 aliphatic rings. The van der Waals surface area contributed by atoms with Crippen LogP contribution in [0.4, 0.5) is 0 Å². The van der Waals surface area contributed by atoms with Crippen LogP contribution in [0.15, 0.2) is 50.4 Å². The molecule has 0 saturated heterocycles. The zero-order chi connectivity index (χ0) is 17.8. The van der Waals surface area contributed by atoms with Gasteiger partial charge in [0.05, 0.1) is 22.3 Å². The van der Waals surface area contributed by atoms with Crippen LogP contribution >= 0.6 is 31.9 Å². The molecule has 1 amide bonds. The third-order valence-corrected chi connectivity index (χ3v) is 4.59. The number of para-hydroxylation sites is 2. The van der Waals surface area contributed by atoms with E-state index in [2.05, 4.69) is 42.4 Å². The van der Waals surface area contributed by atoms with Crippen molar-refractivity contribution in [1.82, 2.24) is 5.43 Å². The van der Waals surface area contributed by atoms with Gasteiger partial charge in [-0.1, -0.05) is 12.1 Å². The normalized spacial score (nSPS) is 15.9. The van der Waals surface area contributed by atoms with Gasteiger partial charge in [-0.05, 0) is 61.7 Å². The van der Waals surface area contributed by atoms with Gasteiger partial charge in [-0.15, -0.1) is 0 Å². The van der Waals surface area contributed by atoms with Crippen molar-refractivity contribution < 1.29 is 19.0 Å². The Morgan fingerprint density at radius 2 is 1.96 bits per heavy atom. The first kappa shape index (κ1) is 17.8. The van der Waals surface area contributed by atoms with Crippen molar-refractivity contribution in [2.75, 3.05) is 13.7 Å². The fraction of sp³-hybridized carbons (Fsp3) is 0.176. The third kappa shape index (κ3) is 4.13. The van der Waals surface area contributed by atoms with Crippen molar-refractivity contribution in [3.63, 3.8) is 0 Å². The van der Waals surface area contributed by atoms with Crippen molar-refractivity contribution in [1.29, 1.82) is 0 Å². The number of carbonyl (C=O) groups is 1. The SMILES string of the molecule is COc1c(Br)cc(C=NNC(=O)C2COc3ccccc3O2)cc1Br. The predicted octanol–water partition coefficient (Wildman–Crippen LogP) is 3.51. The number of hydrazone groups is 1. The number of fused-ring (bicyclic) bond motifs is 1. The highest BCUT2D eigenvalue weighted by molar-refractivity contribution is 9.11. The fourth-order valence-corrected chi connectivity index (χ4v) is 3.79. The number of rotatable bonds is 4. The molecule has 1 unspecified atom stereocenters. The lowest BCUT2D eigenvalue weighted by atomic mass is 10.2. The van der Waals surface area contributed by atoms with E-state index in [1.54, 1.807) is 19.2 Å². The molecule has 0 saturated carbocycles. The molecular formula is C17H14Br2N2O4. The van der Waals surface area contributed by atoms with Crippen LogP contribution in [-0.2, 0) is 4.79 Å². The minimum atomic E-state index is -0.749.